The lowest BCUT2D eigenvalue weighted by molar-refractivity contribution is 0.0688. The lowest BCUT2D eigenvalue weighted by Crippen LogP contribution is -2.01. The second-order valence-corrected chi connectivity index (χ2v) is 3.44. The van der Waals surface area contributed by atoms with E-state index in [1.807, 2.05) is 0 Å². The average Bonchev–Trinajstić information content (AvgIpc) is 2.67. The first kappa shape index (κ1) is 10.7. The first-order valence-electron chi connectivity index (χ1n) is 4.76. The van der Waals surface area contributed by atoms with Gasteiger partial charge in [0.25, 0.3) is 0 Å². The molecule has 5 heteroatoms. The van der Waals surface area contributed by atoms with Crippen molar-refractivity contribution in [2.24, 2.45) is 0 Å². The van der Waals surface area contributed by atoms with E-state index in [1.165, 1.54) is 0 Å². The number of aromatic carboxylic acids is 1. The highest BCUT2D eigenvalue weighted by molar-refractivity contribution is 5.98. The predicted molar refractivity (Wildman–Crippen MR) is 57.1 cm³/mol. The van der Waals surface area contributed by atoms with Gasteiger partial charge in [-0.3, -0.25) is 0 Å². The highest BCUT2D eigenvalue weighted by Crippen LogP contribution is 2.26. The van der Waals surface area contributed by atoms with Crippen LogP contribution in [0.2, 0.25) is 0 Å². The fraction of sp³-hybridized carbons (Fsp3) is 0.182. The van der Waals surface area contributed by atoms with Gasteiger partial charge in [0.2, 0.25) is 0 Å². The summed E-state index contributed by atoms with van der Waals surface area (Å²) in [4.78, 5) is 13.7. The molecule has 0 fully saturated rings. The SMILES string of the molecule is O=C(O)c1[nH]c2cccc(CO)c2c1CO. The van der Waals surface area contributed by atoms with Crippen LogP contribution in [-0.4, -0.2) is 26.3 Å². The van der Waals surface area contributed by atoms with Crippen molar-refractivity contribution < 1.29 is 20.1 Å². The average molecular weight is 221 g/mol. The number of fused-ring (bicyclic) bond motifs is 1. The van der Waals surface area contributed by atoms with Crippen molar-refractivity contribution >= 4 is 16.9 Å². The topological polar surface area (TPSA) is 93.5 Å². The van der Waals surface area contributed by atoms with E-state index >= 15 is 0 Å². The summed E-state index contributed by atoms with van der Waals surface area (Å²) in [5, 5.41) is 27.9. The first-order valence-corrected chi connectivity index (χ1v) is 4.76. The number of nitrogens with one attached hydrogen (secondary N) is 1. The second-order valence-electron chi connectivity index (χ2n) is 3.44. The molecule has 0 unspecified atom stereocenters. The van der Waals surface area contributed by atoms with E-state index in [4.69, 9.17) is 10.2 Å². The van der Waals surface area contributed by atoms with Gasteiger partial charge in [-0.2, -0.15) is 0 Å². The third-order valence-electron chi connectivity index (χ3n) is 2.56. The molecule has 2 rings (SSSR count). The van der Waals surface area contributed by atoms with E-state index in [0.29, 0.717) is 22.0 Å². The molecule has 0 saturated heterocycles. The highest BCUT2D eigenvalue weighted by atomic mass is 16.4. The number of benzene rings is 1. The van der Waals surface area contributed by atoms with Crippen molar-refractivity contribution in [1.29, 1.82) is 0 Å². The predicted octanol–water partition coefficient (Wildman–Crippen LogP) is 0.851. The van der Waals surface area contributed by atoms with Crippen LogP contribution >= 0.6 is 0 Å². The largest absolute Gasteiger partial charge is 0.477 e. The van der Waals surface area contributed by atoms with Crippen LogP contribution in [0.3, 0.4) is 0 Å². The number of carboxylic acids is 1. The van der Waals surface area contributed by atoms with E-state index in [2.05, 4.69) is 4.98 Å². The molecule has 4 N–H and O–H groups in total. The molecule has 1 aromatic carbocycles. The molecular formula is C11H11NO4. The van der Waals surface area contributed by atoms with Crippen LogP contribution in [0.15, 0.2) is 18.2 Å². The van der Waals surface area contributed by atoms with Crippen LogP contribution in [0.25, 0.3) is 10.9 Å². The Hall–Kier alpha value is -1.85. The van der Waals surface area contributed by atoms with Gasteiger partial charge in [0.05, 0.1) is 13.2 Å². The summed E-state index contributed by atoms with van der Waals surface area (Å²) >= 11 is 0. The molecule has 1 heterocycles. The van der Waals surface area contributed by atoms with Crippen molar-refractivity contribution in [3.05, 3.63) is 35.0 Å². The van der Waals surface area contributed by atoms with Crippen molar-refractivity contribution in [2.75, 3.05) is 0 Å². The molecule has 5 nitrogen and oxygen atoms in total. The van der Waals surface area contributed by atoms with Crippen LogP contribution in [-0.2, 0) is 13.2 Å². The Kier molecular flexibility index (Phi) is 2.64. The van der Waals surface area contributed by atoms with Gasteiger partial charge in [0, 0.05) is 16.5 Å². The van der Waals surface area contributed by atoms with Crippen LogP contribution in [0.1, 0.15) is 21.6 Å². The third-order valence-corrected chi connectivity index (χ3v) is 2.56. The number of hydrogen-bond acceptors (Lipinski definition) is 3. The number of aromatic nitrogens is 1. The summed E-state index contributed by atoms with van der Waals surface area (Å²) in [6, 6.07) is 5.12. The number of aromatic amines is 1. The van der Waals surface area contributed by atoms with Crippen LogP contribution in [0.5, 0.6) is 0 Å². The van der Waals surface area contributed by atoms with Crippen molar-refractivity contribution in [2.45, 2.75) is 13.2 Å². The molecule has 0 aliphatic heterocycles. The Morgan fingerprint density at radius 3 is 2.56 bits per heavy atom. The maximum Gasteiger partial charge on any atom is 0.352 e. The number of aliphatic hydroxyl groups excluding tert-OH is 2. The Labute approximate surface area is 91.0 Å². The molecule has 0 saturated carbocycles. The summed E-state index contributed by atoms with van der Waals surface area (Å²) in [6.45, 7) is -0.570. The number of aliphatic hydroxyl groups is 2. The fourth-order valence-corrected chi connectivity index (χ4v) is 1.87. The molecule has 1 aromatic heterocycles. The molecule has 0 aliphatic rings. The van der Waals surface area contributed by atoms with Crippen LogP contribution < -0.4 is 0 Å². The Bertz CT molecular complexity index is 544. The highest BCUT2D eigenvalue weighted by Gasteiger charge is 2.17. The normalized spacial score (nSPS) is 10.9. The monoisotopic (exact) mass is 221 g/mol. The number of rotatable bonds is 3. The third kappa shape index (κ3) is 1.46. The van der Waals surface area contributed by atoms with Crippen molar-refractivity contribution in [3.63, 3.8) is 0 Å². The smallest absolute Gasteiger partial charge is 0.352 e. The number of carboxylic acid groups (broad SMARTS) is 1. The molecule has 0 aliphatic carbocycles. The van der Waals surface area contributed by atoms with Crippen molar-refractivity contribution in [3.8, 4) is 0 Å². The first-order chi connectivity index (χ1) is 7.69. The Morgan fingerprint density at radius 1 is 1.25 bits per heavy atom. The molecule has 0 bridgehead atoms. The van der Waals surface area contributed by atoms with E-state index in [0.717, 1.165) is 0 Å². The van der Waals surface area contributed by atoms with Crippen LogP contribution in [0, 0.1) is 0 Å². The van der Waals surface area contributed by atoms with E-state index in [9.17, 15) is 9.90 Å². The van der Waals surface area contributed by atoms with E-state index in [-0.39, 0.29) is 18.9 Å². The molecule has 2 aromatic rings. The van der Waals surface area contributed by atoms with Gasteiger partial charge < -0.3 is 20.3 Å². The molecule has 0 amide bonds. The maximum absolute atomic E-state index is 10.9. The summed E-state index contributed by atoms with van der Waals surface area (Å²) in [6.07, 6.45) is 0. The summed E-state index contributed by atoms with van der Waals surface area (Å²) in [5.41, 5.74) is 1.49. The van der Waals surface area contributed by atoms with Gasteiger partial charge in [-0.05, 0) is 11.6 Å². The molecular weight excluding hydrogens is 210 g/mol. The summed E-state index contributed by atoms with van der Waals surface area (Å²) < 4.78 is 0. The van der Waals surface area contributed by atoms with Gasteiger partial charge in [-0.15, -0.1) is 0 Å². The van der Waals surface area contributed by atoms with Gasteiger partial charge in [-0.25, -0.2) is 4.79 Å². The van der Waals surface area contributed by atoms with E-state index in [1.54, 1.807) is 18.2 Å². The van der Waals surface area contributed by atoms with Crippen molar-refractivity contribution in [1.82, 2.24) is 4.98 Å². The maximum atomic E-state index is 10.9. The zero-order valence-electron chi connectivity index (χ0n) is 8.40. The molecule has 0 atom stereocenters. The van der Waals surface area contributed by atoms with Crippen LogP contribution in [0.4, 0.5) is 0 Å². The number of hydrogen-bond donors (Lipinski definition) is 4. The standard InChI is InChI=1S/C11H11NO4/c13-4-6-2-1-3-8-9(6)7(5-14)10(12-8)11(15)16/h1-3,12-14H,4-5H2,(H,15,16). The quantitative estimate of drug-likeness (QED) is 0.618. The van der Waals surface area contributed by atoms with Gasteiger partial charge >= 0.3 is 5.97 Å². The fourth-order valence-electron chi connectivity index (χ4n) is 1.87. The molecule has 16 heavy (non-hydrogen) atoms. The Morgan fingerprint density at radius 2 is 2.00 bits per heavy atom. The number of carbonyl (C=O) groups is 1. The Balaban J connectivity index is 2.83. The van der Waals surface area contributed by atoms with Gasteiger partial charge in [0.1, 0.15) is 5.69 Å². The molecule has 0 radical (unpaired) electrons. The second kappa shape index (κ2) is 3.96. The lowest BCUT2D eigenvalue weighted by atomic mass is 10.1. The zero-order valence-corrected chi connectivity index (χ0v) is 8.40. The minimum Gasteiger partial charge on any atom is -0.477 e. The minimum atomic E-state index is -1.12. The minimum absolute atomic E-state index is 0.0293. The zero-order chi connectivity index (χ0) is 11.7. The summed E-state index contributed by atoms with van der Waals surface area (Å²) in [7, 11) is 0. The molecule has 84 valence electrons. The number of H-pyrrole nitrogens is 1. The van der Waals surface area contributed by atoms with Gasteiger partial charge in [-0.1, -0.05) is 12.1 Å². The lowest BCUT2D eigenvalue weighted by Gasteiger charge is -2.01. The molecule has 0 spiro atoms. The van der Waals surface area contributed by atoms with Gasteiger partial charge in [0.15, 0.2) is 0 Å². The summed E-state index contributed by atoms with van der Waals surface area (Å²) in [5.74, 6) is -1.12. The van der Waals surface area contributed by atoms with E-state index < -0.39 is 5.97 Å².